The van der Waals surface area contributed by atoms with Crippen LogP contribution in [0.5, 0.6) is 0 Å². The zero-order valence-electron chi connectivity index (χ0n) is 26.7. The molecule has 2 nitrogen and oxygen atoms in total. The quantitative estimate of drug-likeness (QED) is 0.169. The van der Waals surface area contributed by atoms with E-state index in [2.05, 4.69) is 213 Å². The Kier molecular flexibility index (Phi) is 7.33. The van der Waals surface area contributed by atoms with Crippen LogP contribution < -0.4 is 4.90 Å². The van der Waals surface area contributed by atoms with Gasteiger partial charge in [0.25, 0.3) is 0 Å². The Morgan fingerprint density at radius 1 is 0.367 bits per heavy atom. The van der Waals surface area contributed by atoms with E-state index in [0.717, 1.165) is 38.3 Å². The van der Waals surface area contributed by atoms with Crippen molar-refractivity contribution < 1.29 is 0 Å². The van der Waals surface area contributed by atoms with Crippen LogP contribution >= 0.6 is 15.9 Å². The van der Waals surface area contributed by atoms with Crippen LogP contribution in [-0.2, 0) is 0 Å². The Bertz CT molecular complexity index is 2550. The van der Waals surface area contributed by atoms with Crippen LogP contribution in [0.25, 0.3) is 60.5 Å². The zero-order valence-corrected chi connectivity index (χ0v) is 28.3. The lowest BCUT2D eigenvalue weighted by molar-refractivity contribution is 1.18. The van der Waals surface area contributed by atoms with E-state index in [9.17, 15) is 0 Å². The molecule has 49 heavy (non-hydrogen) atoms. The van der Waals surface area contributed by atoms with Gasteiger partial charge in [-0.15, -0.1) is 0 Å². The third-order valence-corrected chi connectivity index (χ3v) is 9.86. The molecule has 0 unspecified atom stereocenters. The molecule has 0 aliphatic heterocycles. The molecule has 9 rings (SSSR count). The van der Waals surface area contributed by atoms with E-state index in [1.165, 1.54) is 43.7 Å². The molecule has 0 N–H and O–H groups in total. The van der Waals surface area contributed by atoms with E-state index in [1.807, 2.05) is 0 Å². The second kappa shape index (κ2) is 12.3. The number of halogens is 1. The lowest BCUT2D eigenvalue weighted by Gasteiger charge is -2.27. The van der Waals surface area contributed by atoms with Gasteiger partial charge in [-0.1, -0.05) is 137 Å². The summed E-state index contributed by atoms with van der Waals surface area (Å²) >= 11 is 3.88. The summed E-state index contributed by atoms with van der Waals surface area (Å²) in [5.74, 6) is 0. The molecule has 8 aromatic carbocycles. The number of hydrogen-bond acceptors (Lipinski definition) is 1. The summed E-state index contributed by atoms with van der Waals surface area (Å²) in [6.45, 7) is 0. The van der Waals surface area contributed by atoms with Crippen LogP contribution in [0.2, 0.25) is 0 Å². The summed E-state index contributed by atoms with van der Waals surface area (Å²) < 4.78 is 3.39. The van der Waals surface area contributed by atoms with Gasteiger partial charge in [-0.3, -0.25) is 0 Å². The lowest BCUT2D eigenvalue weighted by atomic mass is 10.0. The average molecular weight is 692 g/mol. The molecule has 0 saturated carbocycles. The van der Waals surface area contributed by atoms with E-state index < -0.39 is 0 Å². The van der Waals surface area contributed by atoms with Crippen LogP contribution in [-0.4, -0.2) is 4.57 Å². The van der Waals surface area contributed by atoms with E-state index >= 15 is 0 Å². The highest BCUT2D eigenvalue weighted by Gasteiger charge is 2.17. The minimum atomic E-state index is 1.03. The van der Waals surface area contributed by atoms with Gasteiger partial charge in [0.15, 0.2) is 0 Å². The minimum absolute atomic E-state index is 1.03. The van der Waals surface area contributed by atoms with Gasteiger partial charge in [-0.25, -0.2) is 0 Å². The van der Waals surface area contributed by atoms with Gasteiger partial charge in [0.05, 0.1) is 11.0 Å². The number of benzene rings is 8. The first-order valence-corrected chi connectivity index (χ1v) is 17.3. The van der Waals surface area contributed by atoms with Crippen molar-refractivity contribution in [2.45, 2.75) is 0 Å². The van der Waals surface area contributed by atoms with Gasteiger partial charge in [-0.05, 0) is 99.8 Å². The maximum atomic E-state index is 3.88. The molecule has 0 aliphatic carbocycles. The summed E-state index contributed by atoms with van der Waals surface area (Å²) in [5.41, 5.74) is 11.6. The predicted octanol–water partition coefficient (Wildman–Crippen LogP) is 13.5. The van der Waals surface area contributed by atoms with Crippen molar-refractivity contribution in [2.24, 2.45) is 0 Å². The first-order valence-electron chi connectivity index (χ1n) is 16.5. The van der Waals surface area contributed by atoms with Crippen LogP contribution in [0, 0.1) is 0 Å². The molecule has 0 radical (unpaired) electrons. The molecule has 232 valence electrons. The fraction of sp³-hybridized carbons (Fsp3) is 0. The highest BCUT2D eigenvalue weighted by molar-refractivity contribution is 9.10. The van der Waals surface area contributed by atoms with E-state index in [0.29, 0.717) is 0 Å². The van der Waals surface area contributed by atoms with Crippen molar-refractivity contribution in [2.75, 3.05) is 4.90 Å². The van der Waals surface area contributed by atoms with Gasteiger partial charge >= 0.3 is 0 Å². The molecule has 0 spiro atoms. The molecule has 1 heterocycles. The molecule has 9 aromatic rings. The summed E-state index contributed by atoms with van der Waals surface area (Å²) in [4.78, 5) is 2.35. The Balaban J connectivity index is 1.14. The van der Waals surface area contributed by atoms with Crippen molar-refractivity contribution in [3.8, 4) is 27.9 Å². The van der Waals surface area contributed by atoms with Crippen LogP contribution in [0.15, 0.2) is 193 Å². The third kappa shape index (κ3) is 5.39. The largest absolute Gasteiger partial charge is 0.310 e. The smallest absolute Gasteiger partial charge is 0.0541 e. The first-order chi connectivity index (χ1) is 24.2. The van der Waals surface area contributed by atoms with Crippen molar-refractivity contribution in [3.63, 3.8) is 0 Å². The second-order valence-corrected chi connectivity index (χ2v) is 13.3. The van der Waals surface area contributed by atoms with Gasteiger partial charge in [0.1, 0.15) is 0 Å². The predicted molar refractivity (Wildman–Crippen MR) is 212 cm³/mol. The number of para-hydroxylation sites is 2. The molecule has 0 fully saturated rings. The molecule has 0 saturated heterocycles. The monoisotopic (exact) mass is 690 g/mol. The standard InChI is InChI=1S/C46H31BrN2/c47-38-28-37(35-20-25-40(26-21-35)49-45-16-8-6-14-43(45)44-15-7-9-17-46(44)49)30-42(31-38)48(41-27-22-33-12-4-5-13-36(33)29-41)39-23-18-34(19-24-39)32-10-2-1-3-11-32/h1-31H. The number of anilines is 3. The Labute approximate surface area is 294 Å². The van der Waals surface area contributed by atoms with Crippen molar-refractivity contribution in [3.05, 3.63) is 193 Å². The van der Waals surface area contributed by atoms with Crippen molar-refractivity contribution >= 4 is 65.6 Å². The average Bonchev–Trinajstić information content (AvgIpc) is 3.50. The van der Waals surface area contributed by atoms with Gasteiger partial charge in [0.2, 0.25) is 0 Å². The third-order valence-electron chi connectivity index (χ3n) is 9.40. The normalized spacial score (nSPS) is 11.4. The van der Waals surface area contributed by atoms with Gasteiger partial charge < -0.3 is 9.47 Å². The Morgan fingerprint density at radius 2 is 0.918 bits per heavy atom. The van der Waals surface area contributed by atoms with Crippen LogP contribution in [0.4, 0.5) is 17.1 Å². The number of fused-ring (bicyclic) bond motifs is 4. The molecular weight excluding hydrogens is 660 g/mol. The number of nitrogens with zero attached hydrogens (tertiary/aromatic N) is 2. The lowest BCUT2D eigenvalue weighted by Crippen LogP contribution is -2.10. The zero-order chi connectivity index (χ0) is 32.7. The molecule has 0 bridgehead atoms. The van der Waals surface area contributed by atoms with Gasteiger partial charge in [-0.2, -0.15) is 0 Å². The van der Waals surface area contributed by atoms with Crippen molar-refractivity contribution in [1.29, 1.82) is 0 Å². The van der Waals surface area contributed by atoms with E-state index in [-0.39, 0.29) is 0 Å². The van der Waals surface area contributed by atoms with Gasteiger partial charge in [0, 0.05) is 38.0 Å². The number of aromatic nitrogens is 1. The molecule has 0 atom stereocenters. The van der Waals surface area contributed by atoms with Crippen LogP contribution in [0.1, 0.15) is 0 Å². The molecule has 1 aromatic heterocycles. The second-order valence-electron chi connectivity index (χ2n) is 12.4. The van der Waals surface area contributed by atoms with Crippen LogP contribution in [0.3, 0.4) is 0 Å². The molecular formula is C46H31BrN2. The van der Waals surface area contributed by atoms with Crippen molar-refractivity contribution in [1.82, 2.24) is 4.57 Å². The maximum absolute atomic E-state index is 3.88. The molecule has 0 aliphatic rings. The fourth-order valence-electron chi connectivity index (χ4n) is 7.07. The van der Waals surface area contributed by atoms with E-state index in [1.54, 1.807) is 0 Å². The summed E-state index contributed by atoms with van der Waals surface area (Å²) in [6, 6.07) is 67.6. The summed E-state index contributed by atoms with van der Waals surface area (Å²) in [7, 11) is 0. The fourth-order valence-corrected chi connectivity index (χ4v) is 7.55. The highest BCUT2D eigenvalue weighted by atomic mass is 79.9. The summed E-state index contributed by atoms with van der Waals surface area (Å²) in [6.07, 6.45) is 0. The first kappa shape index (κ1) is 29.3. The minimum Gasteiger partial charge on any atom is -0.310 e. The highest BCUT2D eigenvalue weighted by Crippen LogP contribution is 2.40. The number of hydrogen-bond donors (Lipinski definition) is 0. The Morgan fingerprint density at radius 3 is 1.63 bits per heavy atom. The molecule has 0 amide bonds. The molecule has 3 heteroatoms. The topological polar surface area (TPSA) is 8.17 Å². The maximum Gasteiger partial charge on any atom is 0.0541 e. The summed E-state index contributed by atoms with van der Waals surface area (Å²) in [5, 5.41) is 4.97. The van der Waals surface area contributed by atoms with E-state index in [4.69, 9.17) is 0 Å². The Hall–Kier alpha value is -5.90. The SMILES string of the molecule is Brc1cc(-c2ccc(-n3c4ccccc4c4ccccc43)cc2)cc(N(c2ccc(-c3ccccc3)cc2)c2ccc3ccccc3c2)c1. The number of rotatable bonds is 6.